The molecule has 1 aliphatic rings. The Morgan fingerprint density at radius 3 is 2.57 bits per heavy atom. The molecule has 1 saturated heterocycles. The van der Waals surface area contributed by atoms with Gasteiger partial charge in [-0.2, -0.15) is 0 Å². The van der Waals surface area contributed by atoms with Crippen molar-refractivity contribution in [3.8, 4) is 11.5 Å². The van der Waals surface area contributed by atoms with E-state index in [4.69, 9.17) is 9.47 Å². The van der Waals surface area contributed by atoms with E-state index in [9.17, 15) is 14.4 Å². The molecule has 6 heteroatoms. The summed E-state index contributed by atoms with van der Waals surface area (Å²) in [5.74, 6) is -0.356. The number of nitrogens with zero attached hydrogens (tertiary/aromatic N) is 1. The van der Waals surface area contributed by atoms with Crippen molar-refractivity contribution in [1.82, 2.24) is 4.90 Å². The Labute approximate surface area is 135 Å². The Morgan fingerprint density at radius 1 is 1.22 bits per heavy atom. The Kier molecular flexibility index (Phi) is 5.36. The van der Waals surface area contributed by atoms with E-state index in [1.807, 2.05) is 0 Å². The molecule has 1 aromatic carbocycles. The maximum atomic E-state index is 12.5. The molecule has 1 fully saturated rings. The van der Waals surface area contributed by atoms with Gasteiger partial charge in [0.2, 0.25) is 0 Å². The Bertz CT molecular complexity index is 626. The second-order valence-electron chi connectivity index (χ2n) is 5.56. The summed E-state index contributed by atoms with van der Waals surface area (Å²) in [6, 6.07) is 2.58. The molecule has 2 rings (SSSR count). The molecule has 1 aromatic rings. The second-order valence-corrected chi connectivity index (χ2v) is 5.56. The lowest BCUT2D eigenvalue weighted by Crippen LogP contribution is -2.47. The molecule has 6 nitrogen and oxygen atoms in total. The highest BCUT2D eigenvalue weighted by atomic mass is 16.5. The van der Waals surface area contributed by atoms with Crippen LogP contribution in [-0.2, 0) is 9.59 Å². The van der Waals surface area contributed by atoms with Gasteiger partial charge in [-0.05, 0) is 43.9 Å². The monoisotopic (exact) mass is 319 g/mol. The largest absolute Gasteiger partial charge is 0.493 e. The quantitative estimate of drug-likeness (QED) is 0.470. The van der Waals surface area contributed by atoms with Gasteiger partial charge in [0.05, 0.1) is 20.3 Å². The number of ketones is 1. The molecule has 1 atom stereocenters. The molecular weight excluding hydrogens is 298 g/mol. The minimum atomic E-state index is -0.645. The number of carbonyl (C=O) groups is 3. The molecule has 0 bridgehead atoms. The van der Waals surface area contributed by atoms with Crippen LogP contribution < -0.4 is 9.47 Å². The zero-order chi connectivity index (χ0) is 17.0. The van der Waals surface area contributed by atoms with Crippen LogP contribution in [0.1, 0.15) is 35.2 Å². The SMILES string of the molecule is COc1cc(C(=O)C(=O)N2CCCCC2C=O)cc(C)c1OC. The molecule has 0 radical (unpaired) electrons. The number of carbonyl (C=O) groups excluding carboxylic acids is 3. The molecular formula is C17H21NO5. The third-order valence-corrected chi connectivity index (χ3v) is 4.09. The Hall–Kier alpha value is -2.37. The van der Waals surface area contributed by atoms with Gasteiger partial charge < -0.3 is 19.2 Å². The number of Topliss-reactive ketones (excluding diaryl/α,β-unsaturated/α-hetero) is 1. The van der Waals surface area contributed by atoms with E-state index in [0.29, 0.717) is 30.0 Å². The third-order valence-electron chi connectivity index (χ3n) is 4.09. The first-order chi connectivity index (χ1) is 11.0. The summed E-state index contributed by atoms with van der Waals surface area (Å²) in [5.41, 5.74) is 0.939. The maximum Gasteiger partial charge on any atom is 0.295 e. The van der Waals surface area contributed by atoms with Gasteiger partial charge >= 0.3 is 0 Å². The highest BCUT2D eigenvalue weighted by Gasteiger charge is 2.31. The summed E-state index contributed by atoms with van der Waals surface area (Å²) in [4.78, 5) is 37.5. The molecule has 1 heterocycles. The standard InChI is InChI=1S/C17H21NO5/c1-11-8-12(9-14(22-2)16(11)23-3)15(20)17(21)18-7-5-4-6-13(18)10-19/h8-10,13H,4-7H2,1-3H3. The highest BCUT2D eigenvalue weighted by molar-refractivity contribution is 6.43. The normalized spacial score (nSPS) is 17.5. The molecule has 0 spiro atoms. The number of ether oxygens (including phenoxy) is 2. The number of hydrogen-bond acceptors (Lipinski definition) is 5. The number of methoxy groups -OCH3 is 2. The van der Waals surface area contributed by atoms with Gasteiger partial charge in [-0.15, -0.1) is 0 Å². The van der Waals surface area contributed by atoms with Crippen LogP contribution in [0, 0.1) is 6.92 Å². The first kappa shape index (κ1) is 17.0. The van der Waals surface area contributed by atoms with Crippen LogP contribution in [0.5, 0.6) is 11.5 Å². The van der Waals surface area contributed by atoms with E-state index in [0.717, 1.165) is 19.1 Å². The van der Waals surface area contributed by atoms with E-state index in [-0.39, 0.29) is 5.56 Å². The molecule has 1 amide bonds. The van der Waals surface area contributed by atoms with Gasteiger partial charge in [0.25, 0.3) is 11.7 Å². The summed E-state index contributed by atoms with van der Waals surface area (Å²) in [5, 5.41) is 0. The van der Waals surface area contributed by atoms with Crippen molar-refractivity contribution in [3.63, 3.8) is 0 Å². The number of rotatable bonds is 5. The van der Waals surface area contributed by atoms with Crippen molar-refractivity contribution < 1.29 is 23.9 Å². The number of benzene rings is 1. The van der Waals surface area contributed by atoms with Crippen molar-refractivity contribution in [1.29, 1.82) is 0 Å². The first-order valence-corrected chi connectivity index (χ1v) is 7.56. The smallest absolute Gasteiger partial charge is 0.295 e. The Balaban J connectivity index is 2.30. The number of likely N-dealkylation sites (tertiary alicyclic amines) is 1. The average molecular weight is 319 g/mol. The third kappa shape index (κ3) is 3.36. The summed E-state index contributed by atoms with van der Waals surface area (Å²) in [6.45, 7) is 2.21. The summed E-state index contributed by atoms with van der Waals surface area (Å²) in [6.07, 6.45) is 3.03. The number of aryl methyl sites for hydroxylation is 1. The van der Waals surface area contributed by atoms with Gasteiger partial charge in [-0.25, -0.2) is 0 Å². The lowest BCUT2D eigenvalue weighted by Gasteiger charge is -2.31. The fourth-order valence-corrected chi connectivity index (χ4v) is 2.89. The second kappa shape index (κ2) is 7.26. The summed E-state index contributed by atoms with van der Waals surface area (Å²) < 4.78 is 10.5. The van der Waals surface area contributed by atoms with Gasteiger partial charge in [0.15, 0.2) is 11.5 Å². The lowest BCUT2D eigenvalue weighted by atomic mass is 10.0. The van der Waals surface area contributed by atoms with Gasteiger partial charge in [-0.3, -0.25) is 9.59 Å². The molecule has 0 saturated carbocycles. The van der Waals surface area contributed by atoms with Crippen molar-refractivity contribution in [2.24, 2.45) is 0 Å². The number of amides is 1. The van der Waals surface area contributed by atoms with Crippen LogP contribution in [0.15, 0.2) is 12.1 Å². The van der Waals surface area contributed by atoms with E-state index < -0.39 is 17.7 Å². The summed E-state index contributed by atoms with van der Waals surface area (Å²) >= 11 is 0. The highest BCUT2D eigenvalue weighted by Crippen LogP contribution is 2.32. The van der Waals surface area contributed by atoms with Crippen LogP contribution in [0.25, 0.3) is 0 Å². The fourth-order valence-electron chi connectivity index (χ4n) is 2.89. The van der Waals surface area contributed by atoms with Gasteiger partial charge in [0, 0.05) is 12.1 Å². The van der Waals surface area contributed by atoms with Crippen LogP contribution in [0.4, 0.5) is 0 Å². The molecule has 124 valence electrons. The van der Waals surface area contributed by atoms with Crippen LogP contribution in [0.2, 0.25) is 0 Å². The van der Waals surface area contributed by atoms with E-state index in [1.54, 1.807) is 13.0 Å². The molecule has 0 N–H and O–H groups in total. The zero-order valence-corrected chi connectivity index (χ0v) is 13.6. The first-order valence-electron chi connectivity index (χ1n) is 7.56. The van der Waals surface area contributed by atoms with E-state index in [1.165, 1.54) is 25.2 Å². The van der Waals surface area contributed by atoms with Crippen molar-refractivity contribution in [2.75, 3.05) is 20.8 Å². The minimum Gasteiger partial charge on any atom is -0.493 e. The van der Waals surface area contributed by atoms with Crippen LogP contribution in [-0.4, -0.2) is 49.7 Å². The van der Waals surface area contributed by atoms with E-state index >= 15 is 0 Å². The minimum absolute atomic E-state index is 0.236. The lowest BCUT2D eigenvalue weighted by molar-refractivity contribution is -0.133. The van der Waals surface area contributed by atoms with Crippen LogP contribution >= 0.6 is 0 Å². The topological polar surface area (TPSA) is 72.9 Å². The molecule has 0 aromatic heterocycles. The molecule has 0 aliphatic carbocycles. The number of aldehydes is 1. The number of hydrogen-bond donors (Lipinski definition) is 0. The van der Waals surface area contributed by atoms with Crippen LogP contribution in [0.3, 0.4) is 0 Å². The fraction of sp³-hybridized carbons (Fsp3) is 0.471. The predicted octanol–water partition coefficient (Wildman–Crippen LogP) is 1.77. The van der Waals surface area contributed by atoms with E-state index in [2.05, 4.69) is 0 Å². The van der Waals surface area contributed by atoms with Gasteiger partial charge in [-0.1, -0.05) is 0 Å². The maximum absolute atomic E-state index is 12.5. The zero-order valence-electron chi connectivity index (χ0n) is 13.6. The molecule has 23 heavy (non-hydrogen) atoms. The van der Waals surface area contributed by atoms with Crippen molar-refractivity contribution in [2.45, 2.75) is 32.2 Å². The number of piperidine rings is 1. The molecule has 1 unspecified atom stereocenters. The average Bonchev–Trinajstić information content (AvgIpc) is 2.59. The molecule has 1 aliphatic heterocycles. The Morgan fingerprint density at radius 2 is 1.96 bits per heavy atom. The summed E-state index contributed by atoms with van der Waals surface area (Å²) in [7, 11) is 2.99. The van der Waals surface area contributed by atoms with Crippen molar-refractivity contribution >= 4 is 18.0 Å². The van der Waals surface area contributed by atoms with Crippen molar-refractivity contribution in [3.05, 3.63) is 23.3 Å². The predicted molar refractivity (Wildman–Crippen MR) is 84.0 cm³/mol. The van der Waals surface area contributed by atoms with Gasteiger partial charge in [0.1, 0.15) is 6.29 Å².